The van der Waals surface area contributed by atoms with Gasteiger partial charge in [0.1, 0.15) is 0 Å². The van der Waals surface area contributed by atoms with Crippen molar-refractivity contribution in [1.82, 2.24) is 14.9 Å². The van der Waals surface area contributed by atoms with E-state index < -0.39 is 0 Å². The van der Waals surface area contributed by atoms with Gasteiger partial charge in [0.05, 0.1) is 10.7 Å². The van der Waals surface area contributed by atoms with Crippen LogP contribution in [0.3, 0.4) is 0 Å². The third kappa shape index (κ3) is 3.99. The van der Waals surface area contributed by atoms with E-state index in [0.717, 1.165) is 16.3 Å². The zero-order valence-corrected chi connectivity index (χ0v) is 11.7. The normalized spacial score (nSPS) is 10.8. The molecule has 19 heavy (non-hydrogen) atoms. The van der Waals surface area contributed by atoms with Gasteiger partial charge in [-0.25, -0.2) is 4.98 Å². The van der Waals surface area contributed by atoms with E-state index >= 15 is 0 Å². The van der Waals surface area contributed by atoms with Crippen molar-refractivity contribution in [3.63, 3.8) is 0 Å². The largest absolute Gasteiger partial charge is 0.338 e. The molecular weight excluding hydrogens is 258 g/mol. The van der Waals surface area contributed by atoms with Crippen LogP contribution in [0.2, 0.25) is 0 Å². The summed E-state index contributed by atoms with van der Waals surface area (Å²) in [5.74, 6) is -0.0394. The first-order chi connectivity index (χ1) is 9.15. The molecule has 5 heteroatoms. The molecule has 0 spiro atoms. The minimum Gasteiger partial charge on any atom is -0.338 e. The van der Waals surface area contributed by atoms with E-state index in [9.17, 15) is 4.79 Å². The maximum Gasteiger partial charge on any atom is 0.246 e. The molecule has 0 aliphatic rings. The molecule has 2 heterocycles. The quantitative estimate of drug-likeness (QED) is 0.804. The van der Waals surface area contributed by atoms with Crippen LogP contribution in [0, 0.1) is 6.92 Å². The molecule has 0 aliphatic heterocycles. The molecule has 0 fully saturated rings. The van der Waals surface area contributed by atoms with Gasteiger partial charge in [0.25, 0.3) is 0 Å². The predicted octanol–water partition coefficient (Wildman–Crippen LogP) is 2.52. The Kier molecular flexibility index (Phi) is 4.41. The lowest BCUT2D eigenvalue weighted by atomic mass is 10.2. The number of aryl methyl sites for hydroxylation is 1. The van der Waals surface area contributed by atoms with Crippen LogP contribution in [-0.4, -0.2) is 27.8 Å². The van der Waals surface area contributed by atoms with Gasteiger partial charge in [-0.1, -0.05) is 0 Å². The van der Waals surface area contributed by atoms with Gasteiger partial charge >= 0.3 is 0 Å². The Bertz CT molecular complexity index is 577. The average Bonchev–Trinajstić information content (AvgIpc) is 2.83. The van der Waals surface area contributed by atoms with Crippen LogP contribution >= 0.6 is 11.3 Å². The van der Waals surface area contributed by atoms with E-state index in [-0.39, 0.29) is 5.91 Å². The number of hydrogen-bond donors (Lipinski definition) is 0. The lowest BCUT2D eigenvalue weighted by Gasteiger charge is -2.14. The van der Waals surface area contributed by atoms with Crippen molar-refractivity contribution in [2.45, 2.75) is 13.5 Å². The first-order valence-corrected chi connectivity index (χ1v) is 6.77. The Hall–Kier alpha value is -2.01. The fourth-order valence-electron chi connectivity index (χ4n) is 1.58. The number of nitrogens with zero attached hydrogens (tertiary/aromatic N) is 3. The minimum absolute atomic E-state index is 0.0394. The van der Waals surface area contributed by atoms with Crippen molar-refractivity contribution >= 4 is 23.3 Å². The van der Waals surface area contributed by atoms with Crippen LogP contribution in [0.25, 0.3) is 6.08 Å². The van der Waals surface area contributed by atoms with E-state index in [2.05, 4.69) is 9.97 Å². The molecule has 0 saturated carbocycles. The third-order valence-corrected chi connectivity index (χ3v) is 3.37. The summed E-state index contributed by atoms with van der Waals surface area (Å²) in [5, 5.41) is 2.93. The molecule has 0 unspecified atom stereocenters. The van der Waals surface area contributed by atoms with E-state index in [0.29, 0.717) is 6.54 Å². The minimum atomic E-state index is -0.0394. The number of aromatic nitrogens is 2. The molecule has 0 bridgehead atoms. The Morgan fingerprint density at radius 3 is 2.79 bits per heavy atom. The molecule has 0 N–H and O–H groups in total. The molecule has 1 amide bonds. The molecule has 0 aromatic carbocycles. The monoisotopic (exact) mass is 273 g/mol. The highest BCUT2D eigenvalue weighted by Crippen LogP contribution is 2.09. The van der Waals surface area contributed by atoms with Crippen molar-refractivity contribution in [2.24, 2.45) is 0 Å². The highest BCUT2D eigenvalue weighted by molar-refractivity contribution is 7.09. The van der Waals surface area contributed by atoms with E-state index in [1.54, 1.807) is 47.8 Å². The van der Waals surface area contributed by atoms with E-state index in [1.807, 2.05) is 24.4 Å². The van der Waals surface area contributed by atoms with Crippen LogP contribution in [0.15, 0.2) is 36.0 Å². The molecule has 2 rings (SSSR count). The second kappa shape index (κ2) is 6.24. The Morgan fingerprint density at radius 1 is 1.42 bits per heavy atom. The molecule has 4 nitrogen and oxygen atoms in total. The Morgan fingerprint density at radius 2 is 2.16 bits per heavy atom. The number of pyridine rings is 1. The maximum absolute atomic E-state index is 11.9. The second-order valence-corrected chi connectivity index (χ2v) is 5.24. The first kappa shape index (κ1) is 13.4. The van der Waals surface area contributed by atoms with Gasteiger partial charge in [0.15, 0.2) is 0 Å². The van der Waals surface area contributed by atoms with Gasteiger partial charge in [-0.15, -0.1) is 11.3 Å². The SMILES string of the molecule is Cc1nc(C=CC(=O)N(C)Cc2ccncc2)cs1. The second-order valence-electron chi connectivity index (χ2n) is 4.17. The zero-order chi connectivity index (χ0) is 13.7. The molecule has 98 valence electrons. The lowest BCUT2D eigenvalue weighted by molar-refractivity contribution is -0.125. The summed E-state index contributed by atoms with van der Waals surface area (Å²) < 4.78 is 0. The lowest BCUT2D eigenvalue weighted by Crippen LogP contribution is -2.24. The summed E-state index contributed by atoms with van der Waals surface area (Å²) in [6, 6.07) is 3.80. The van der Waals surface area contributed by atoms with Crippen molar-refractivity contribution in [1.29, 1.82) is 0 Å². The molecule has 0 saturated heterocycles. The molecule has 0 aliphatic carbocycles. The summed E-state index contributed by atoms with van der Waals surface area (Å²) in [4.78, 5) is 21.8. The van der Waals surface area contributed by atoms with E-state index in [4.69, 9.17) is 0 Å². The Balaban J connectivity index is 1.94. The van der Waals surface area contributed by atoms with Crippen molar-refractivity contribution in [3.05, 3.63) is 52.2 Å². The number of carbonyl (C=O) groups is 1. The summed E-state index contributed by atoms with van der Waals surface area (Å²) in [5.41, 5.74) is 1.89. The van der Waals surface area contributed by atoms with Gasteiger partial charge in [-0.3, -0.25) is 9.78 Å². The van der Waals surface area contributed by atoms with Gasteiger partial charge in [0.2, 0.25) is 5.91 Å². The number of rotatable bonds is 4. The summed E-state index contributed by atoms with van der Waals surface area (Å²) in [6.45, 7) is 2.52. The predicted molar refractivity (Wildman–Crippen MR) is 76.6 cm³/mol. The first-order valence-electron chi connectivity index (χ1n) is 5.89. The Labute approximate surface area is 116 Å². The van der Waals surface area contributed by atoms with Crippen molar-refractivity contribution in [2.75, 3.05) is 7.05 Å². The number of hydrogen-bond acceptors (Lipinski definition) is 4. The van der Waals surface area contributed by atoms with Gasteiger partial charge in [0, 0.05) is 37.4 Å². The molecule has 0 atom stereocenters. The van der Waals surface area contributed by atoms with Crippen LogP contribution in [-0.2, 0) is 11.3 Å². The maximum atomic E-state index is 11.9. The number of likely N-dealkylation sites (N-methyl/N-ethyl adjacent to an activating group) is 1. The van der Waals surface area contributed by atoms with Crippen LogP contribution < -0.4 is 0 Å². The summed E-state index contributed by atoms with van der Waals surface area (Å²) in [7, 11) is 1.78. The molecule has 0 radical (unpaired) electrons. The van der Waals surface area contributed by atoms with Crippen LogP contribution in [0.1, 0.15) is 16.3 Å². The number of carbonyl (C=O) groups excluding carboxylic acids is 1. The van der Waals surface area contributed by atoms with Crippen LogP contribution in [0.5, 0.6) is 0 Å². The van der Waals surface area contributed by atoms with E-state index in [1.165, 1.54) is 0 Å². The molecular formula is C14H15N3OS. The topological polar surface area (TPSA) is 46.1 Å². The smallest absolute Gasteiger partial charge is 0.246 e. The standard InChI is InChI=1S/C14H15N3OS/c1-11-16-13(10-19-11)3-4-14(18)17(2)9-12-5-7-15-8-6-12/h3-8,10H,9H2,1-2H3. The average molecular weight is 273 g/mol. The van der Waals surface area contributed by atoms with Gasteiger partial charge in [-0.2, -0.15) is 0 Å². The third-order valence-electron chi connectivity index (χ3n) is 2.58. The highest BCUT2D eigenvalue weighted by Gasteiger charge is 2.05. The molecule has 2 aromatic rings. The van der Waals surface area contributed by atoms with Crippen molar-refractivity contribution in [3.8, 4) is 0 Å². The fraction of sp³-hybridized carbons (Fsp3) is 0.214. The van der Waals surface area contributed by atoms with Crippen LogP contribution in [0.4, 0.5) is 0 Å². The zero-order valence-electron chi connectivity index (χ0n) is 10.9. The number of amides is 1. The van der Waals surface area contributed by atoms with Gasteiger partial charge < -0.3 is 4.90 Å². The van der Waals surface area contributed by atoms with Crippen molar-refractivity contribution < 1.29 is 4.79 Å². The number of thiazole rings is 1. The highest BCUT2D eigenvalue weighted by atomic mass is 32.1. The summed E-state index contributed by atoms with van der Waals surface area (Å²) >= 11 is 1.57. The fourth-order valence-corrected chi connectivity index (χ4v) is 2.16. The summed E-state index contributed by atoms with van der Waals surface area (Å²) in [6.07, 6.45) is 6.74. The van der Waals surface area contributed by atoms with Gasteiger partial charge in [-0.05, 0) is 30.7 Å². The molecule has 2 aromatic heterocycles.